The Balaban J connectivity index is 1.83. The molecule has 0 radical (unpaired) electrons. The molecule has 9 nitrogen and oxygen atoms in total. The summed E-state index contributed by atoms with van der Waals surface area (Å²) >= 11 is 1.23. The Morgan fingerprint density at radius 1 is 1.10 bits per heavy atom. The van der Waals surface area contributed by atoms with Crippen molar-refractivity contribution in [1.29, 1.82) is 0 Å². The van der Waals surface area contributed by atoms with E-state index < -0.39 is 12.0 Å². The number of benzene rings is 2. The summed E-state index contributed by atoms with van der Waals surface area (Å²) in [6.07, 6.45) is 2.60. The maximum atomic E-state index is 13.8. The topological polar surface area (TPSA) is 109 Å². The van der Waals surface area contributed by atoms with E-state index in [9.17, 15) is 14.7 Å². The van der Waals surface area contributed by atoms with Gasteiger partial charge in [-0.3, -0.25) is 9.36 Å². The first-order valence-corrected chi connectivity index (χ1v) is 13.6. The number of nitrogens with zero attached hydrogens (tertiary/aromatic N) is 2. The van der Waals surface area contributed by atoms with Crippen LogP contribution in [0.3, 0.4) is 0 Å². The van der Waals surface area contributed by atoms with Crippen molar-refractivity contribution < 1.29 is 28.8 Å². The summed E-state index contributed by atoms with van der Waals surface area (Å²) in [6, 6.07) is 11.5. The van der Waals surface area contributed by atoms with Crippen LogP contribution >= 0.6 is 11.3 Å². The number of methoxy groups -OCH3 is 1. The van der Waals surface area contributed by atoms with Gasteiger partial charge in [-0.2, -0.15) is 0 Å². The number of allylic oxidation sites excluding steroid dienone is 1. The van der Waals surface area contributed by atoms with Gasteiger partial charge in [-0.15, -0.1) is 0 Å². The summed E-state index contributed by atoms with van der Waals surface area (Å²) in [5.41, 5.74) is 1.88. The molecule has 2 aromatic carbocycles. The first kappa shape index (κ1) is 28.1. The zero-order valence-corrected chi connectivity index (χ0v) is 23.2. The van der Waals surface area contributed by atoms with Gasteiger partial charge in [0, 0.05) is 7.11 Å². The first-order valence-electron chi connectivity index (χ1n) is 12.7. The number of thiazole rings is 1. The molecule has 1 aliphatic rings. The quantitative estimate of drug-likeness (QED) is 0.287. The molecule has 39 heavy (non-hydrogen) atoms. The molecule has 1 unspecified atom stereocenters. The van der Waals surface area contributed by atoms with E-state index in [1.807, 2.05) is 38.1 Å². The van der Waals surface area contributed by atoms with E-state index in [4.69, 9.17) is 18.9 Å². The Morgan fingerprint density at radius 2 is 1.87 bits per heavy atom. The molecule has 4 rings (SSSR count). The number of fused-ring (bicyclic) bond motifs is 1. The lowest BCUT2D eigenvalue weighted by molar-refractivity contribution is -0.140. The number of hydrogen-bond donors (Lipinski definition) is 1. The highest BCUT2D eigenvalue weighted by molar-refractivity contribution is 7.07. The number of ether oxygens (including phenoxy) is 4. The van der Waals surface area contributed by atoms with Gasteiger partial charge in [0.05, 0.1) is 41.7 Å². The van der Waals surface area contributed by atoms with E-state index in [1.165, 1.54) is 29.1 Å². The van der Waals surface area contributed by atoms with Crippen molar-refractivity contribution >= 4 is 23.4 Å². The van der Waals surface area contributed by atoms with Gasteiger partial charge in [-0.05, 0) is 61.7 Å². The maximum Gasteiger partial charge on any atom is 0.338 e. The predicted octanol–water partition coefficient (Wildman–Crippen LogP) is 3.32. The normalized spacial score (nSPS) is 15.1. The fourth-order valence-electron chi connectivity index (χ4n) is 4.20. The van der Waals surface area contributed by atoms with Crippen molar-refractivity contribution in [3.05, 3.63) is 84.5 Å². The van der Waals surface area contributed by atoms with Gasteiger partial charge in [-0.25, -0.2) is 9.79 Å². The second-order valence-electron chi connectivity index (χ2n) is 8.79. The number of hydrogen-bond acceptors (Lipinski definition) is 9. The highest BCUT2D eigenvalue weighted by Crippen LogP contribution is 2.32. The Hall–Kier alpha value is -3.89. The van der Waals surface area contributed by atoms with E-state index >= 15 is 0 Å². The van der Waals surface area contributed by atoms with Crippen LogP contribution in [0.2, 0.25) is 0 Å². The van der Waals surface area contributed by atoms with Crippen LogP contribution in [0.25, 0.3) is 6.08 Å². The summed E-state index contributed by atoms with van der Waals surface area (Å²) in [7, 11) is 1.53. The largest absolute Gasteiger partial charge is 0.504 e. The number of carbonyl (C=O) groups is 1. The van der Waals surface area contributed by atoms with E-state index in [0.29, 0.717) is 45.3 Å². The van der Waals surface area contributed by atoms with Crippen molar-refractivity contribution in [2.45, 2.75) is 33.2 Å². The first-order chi connectivity index (χ1) is 18.9. The molecule has 0 spiro atoms. The number of carbonyl (C=O) groups excluding carboxylic acids is 1. The van der Waals surface area contributed by atoms with Crippen LogP contribution in [0.15, 0.2) is 63.5 Å². The minimum Gasteiger partial charge on any atom is -0.504 e. The van der Waals surface area contributed by atoms with Crippen LogP contribution in [0, 0.1) is 0 Å². The van der Waals surface area contributed by atoms with Gasteiger partial charge in [-0.1, -0.05) is 36.5 Å². The predicted molar refractivity (Wildman–Crippen MR) is 148 cm³/mol. The van der Waals surface area contributed by atoms with E-state index in [1.54, 1.807) is 25.1 Å². The Kier molecular flexibility index (Phi) is 9.21. The van der Waals surface area contributed by atoms with E-state index in [2.05, 4.69) is 4.99 Å². The van der Waals surface area contributed by atoms with E-state index in [0.717, 1.165) is 12.0 Å². The average Bonchev–Trinajstić information content (AvgIpc) is 3.23. The number of rotatable bonds is 11. The summed E-state index contributed by atoms with van der Waals surface area (Å²) < 4.78 is 23.6. The lowest BCUT2D eigenvalue weighted by atomic mass is 9.96. The standard InChI is InChI=1S/C29H32N2O7S/c1-5-13-37-21-10-8-20(9-11-21)26-25(28(34)38-15-14-35-4)18(3)30-29-31(26)27(33)24(39-29)17-19-7-12-22(32)23(16-19)36-6-2/h7-12,16-17,26,32H,5-6,13-15H2,1-4H3/b24-17-. The van der Waals surface area contributed by atoms with Crippen LogP contribution in [-0.2, 0) is 14.3 Å². The second kappa shape index (κ2) is 12.8. The lowest BCUT2D eigenvalue weighted by Gasteiger charge is -2.25. The zero-order valence-electron chi connectivity index (χ0n) is 22.4. The molecule has 0 bridgehead atoms. The van der Waals surface area contributed by atoms with E-state index in [-0.39, 0.29) is 30.1 Å². The third-order valence-corrected chi connectivity index (χ3v) is 7.00. The zero-order chi connectivity index (χ0) is 27.9. The monoisotopic (exact) mass is 552 g/mol. The van der Waals surface area contributed by atoms with Crippen LogP contribution in [0.5, 0.6) is 17.2 Å². The molecule has 2 heterocycles. The Morgan fingerprint density at radius 3 is 2.56 bits per heavy atom. The van der Waals surface area contributed by atoms with Gasteiger partial charge in [0.2, 0.25) is 0 Å². The molecular formula is C29H32N2O7S. The van der Waals surface area contributed by atoms with Gasteiger partial charge in [0.25, 0.3) is 5.56 Å². The van der Waals surface area contributed by atoms with Crippen molar-refractivity contribution in [1.82, 2.24) is 4.57 Å². The van der Waals surface area contributed by atoms with Crippen molar-refractivity contribution in [3.8, 4) is 17.2 Å². The number of aromatic hydroxyl groups is 1. The summed E-state index contributed by atoms with van der Waals surface area (Å²) in [5.74, 6) is 0.502. The SMILES string of the molecule is CCCOc1ccc(C2C(C(=O)OCCOC)=C(C)N=c3s/c(=C\c4ccc(O)c(OCC)c4)c(=O)n32)cc1. The molecule has 206 valence electrons. The molecule has 0 saturated carbocycles. The Labute approximate surface area is 230 Å². The number of phenols is 1. The number of esters is 1. The fraction of sp³-hybridized carbons (Fsp3) is 0.345. The smallest absolute Gasteiger partial charge is 0.338 e. The van der Waals surface area contributed by atoms with Crippen LogP contribution in [0.4, 0.5) is 0 Å². The van der Waals surface area contributed by atoms with Crippen molar-refractivity contribution in [2.75, 3.05) is 33.5 Å². The summed E-state index contributed by atoms with van der Waals surface area (Å²) in [5, 5.41) is 10.1. The number of aromatic nitrogens is 1. The molecule has 1 atom stereocenters. The molecule has 0 aliphatic carbocycles. The lowest BCUT2D eigenvalue weighted by Crippen LogP contribution is -2.40. The molecule has 0 amide bonds. The molecule has 1 N–H and O–H groups in total. The second-order valence-corrected chi connectivity index (χ2v) is 9.80. The molecule has 0 fully saturated rings. The fourth-order valence-corrected chi connectivity index (χ4v) is 5.25. The molecular weight excluding hydrogens is 520 g/mol. The van der Waals surface area contributed by atoms with Gasteiger partial charge >= 0.3 is 5.97 Å². The molecule has 3 aromatic rings. The molecule has 10 heteroatoms. The average molecular weight is 553 g/mol. The minimum atomic E-state index is -0.738. The Bertz CT molecular complexity index is 1540. The maximum absolute atomic E-state index is 13.8. The van der Waals surface area contributed by atoms with Crippen molar-refractivity contribution in [2.24, 2.45) is 4.99 Å². The summed E-state index contributed by atoms with van der Waals surface area (Å²) in [6.45, 7) is 6.91. The molecule has 0 saturated heterocycles. The third-order valence-electron chi connectivity index (χ3n) is 6.01. The highest BCUT2D eigenvalue weighted by Gasteiger charge is 2.33. The molecule has 1 aromatic heterocycles. The highest BCUT2D eigenvalue weighted by atomic mass is 32.1. The van der Waals surface area contributed by atoms with Gasteiger partial charge in [0.15, 0.2) is 16.3 Å². The third kappa shape index (κ3) is 6.23. The van der Waals surface area contributed by atoms with Crippen LogP contribution in [-0.4, -0.2) is 49.2 Å². The van der Waals surface area contributed by atoms with Gasteiger partial charge < -0.3 is 24.1 Å². The van der Waals surface area contributed by atoms with Gasteiger partial charge in [0.1, 0.15) is 12.4 Å². The summed E-state index contributed by atoms with van der Waals surface area (Å²) in [4.78, 5) is 32.1. The molecule has 1 aliphatic heterocycles. The van der Waals surface area contributed by atoms with Crippen LogP contribution < -0.4 is 24.4 Å². The van der Waals surface area contributed by atoms with Crippen LogP contribution in [0.1, 0.15) is 44.4 Å². The number of phenolic OH excluding ortho intramolecular Hbond substituents is 1. The minimum absolute atomic E-state index is 0.0223. The van der Waals surface area contributed by atoms with Crippen molar-refractivity contribution in [3.63, 3.8) is 0 Å².